The number of amides is 2. The summed E-state index contributed by atoms with van der Waals surface area (Å²) >= 11 is 6.03. The van der Waals surface area contributed by atoms with Crippen molar-refractivity contribution in [1.29, 1.82) is 0 Å². The van der Waals surface area contributed by atoms with Gasteiger partial charge in [-0.2, -0.15) is 0 Å². The maximum atomic E-state index is 13.8. The number of anilines is 1. The van der Waals surface area contributed by atoms with E-state index in [1.165, 1.54) is 17.0 Å². The Morgan fingerprint density at radius 3 is 2.18 bits per heavy atom. The third-order valence-electron chi connectivity index (χ3n) is 6.20. The molecule has 0 aliphatic rings. The molecule has 0 radical (unpaired) electrons. The summed E-state index contributed by atoms with van der Waals surface area (Å²) in [5, 5.41) is 3.43. The molecule has 7 nitrogen and oxygen atoms in total. The smallest absolute Gasteiger partial charge is 0.264 e. The van der Waals surface area contributed by atoms with Crippen LogP contribution < -0.4 is 9.62 Å². The van der Waals surface area contributed by atoms with E-state index in [1.54, 1.807) is 73.7 Å². The summed E-state index contributed by atoms with van der Waals surface area (Å²) in [6, 6.07) is 21.1. The molecule has 38 heavy (non-hydrogen) atoms. The number of benzene rings is 3. The van der Waals surface area contributed by atoms with E-state index in [1.807, 2.05) is 13.8 Å². The minimum absolute atomic E-state index is 0.0781. The first-order valence-electron chi connectivity index (χ1n) is 12.6. The number of unbranched alkanes of at least 4 members (excludes halogenated alkanes) is 1. The Hall–Kier alpha value is -3.36. The van der Waals surface area contributed by atoms with Crippen LogP contribution in [0.3, 0.4) is 0 Å². The lowest BCUT2D eigenvalue weighted by molar-refractivity contribution is -0.139. The fraction of sp³-hybridized carbons (Fsp3) is 0.310. The lowest BCUT2D eigenvalue weighted by Gasteiger charge is -2.32. The predicted octanol–water partition coefficient (Wildman–Crippen LogP) is 5.18. The first-order valence-corrected chi connectivity index (χ1v) is 14.4. The van der Waals surface area contributed by atoms with Gasteiger partial charge in [-0.05, 0) is 62.2 Å². The fourth-order valence-corrected chi connectivity index (χ4v) is 5.41. The molecule has 0 spiro atoms. The lowest BCUT2D eigenvalue weighted by atomic mass is 10.1. The van der Waals surface area contributed by atoms with Gasteiger partial charge in [0.1, 0.15) is 12.6 Å². The van der Waals surface area contributed by atoms with Gasteiger partial charge in [-0.25, -0.2) is 8.42 Å². The number of sulfonamides is 1. The van der Waals surface area contributed by atoms with Crippen molar-refractivity contribution >= 4 is 39.1 Å². The van der Waals surface area contributed by atoms with E-state index in [0.29, 0.717) is 17.3 Å². The van der Waals surface area contributed by atoms with E-state index >= 15 is 0 Å². The maximum absolute atomic E-state index is 13.8. The highest BCUT2D eigenvalue weighted by atomic mass is 35.5. The zero-order valence-electron chi connectivity index (χ0n) is 21.9. The molecule has 1 atom stereocenters. The summed E-state index contributed by atoms with van der Waals surface area (Å²) < 4.78 is 28.6. The average Bonchev–Trinajstić information content (AvgIpc) is 2.91. The van der Waals surface area contributed by atoms with Gasteiger partial charge in [-0.1, -0.05) is 73.0 Å². The van der Waals surface area contributed by atoms with E-state index in [2.05, 4.69) is 5.32 Å². The molecule has 202 valence electrons. The van der Waals surface area contributed by atoms with Crippen LogP contribution in [0.4, 0.5) is 5.69 Å². The SMILES string of the molecule is CCCCNC(=O)C(C)N(Cc1ccc(Cl)cc1)C(=O)CN(c1ccccc1)S(=O)(=O)c1ccc(C)cc1. The normalized spacial score (nSPS) is 12.0. The Kier molecular flexibility index (Phi) is 10.3. The standard InChI is InChI=1S/C29H34ClN3O4S/c1-4-5-19-31-29(35)23(3)32(20-24-13-15-25(30)16-14-24)28(34)21-33(26-9-7-6-8-10-26)38(36,37)27-17-11-22(2)12-18-27/h6-18,23H,4-5,19-21H2,1-3H3,(H,31,35). The molecule has 0 fully saturated rings. The van der Waals surface area contributed by atoms with Crippen LogP contribution in [0.25, 0.3) is 0 Å². The molecule has 3 aromatic rings. The molecule has 0 heterocycles. The molecule has 1 N–H and O–H groups in total. The molecule has 0 aromatic heterocycles. The van der Waals surface area contributed by atoms with Gasteiger partial charge in [0.05, 0.1) is 10.6 Å². The number of halogens is 1. The molecule has 0 aliphatic carbocycles. The van der Waals surface area contributed by atoms with Crippen LogP contribution in [0.2, 0.25) is 5.02 Å². The number of nitrogens with zero attached hydrogens (tertiary/aromatic N) is 2. The van der Waals surface area contributed by atoms with E-state index < -0.39 is 28.5 Å². The zero-order chi connectivity index (χ0) is 27.7. The number of nitrogens with one attached hydrogen (secondary N) is 1. The van der Waals surface area contributed by atoms with Crippen molar-refractivity contribution in [1.82, 2.24) is 10.2 Å². The Balaban J connectivity index is 1.96. The number of carbonyl (C=O) groups excluding carboxylic acids is 2. The molecule has 0 saturated carbocycles. The summed E-state index contributed by atoms with van der Waals surface area (Å²) in [4.78, 5) is 28.3. The Morgan fingerprint density at radius 1 is 0.947 bits per heavy atom. The molecular weight excluding hydrogens is 522 g/mol. The minimum atomic E-state index is -4.07. The van der Waals surface area contributed by atoms with Crippen molar-refractivity contribution < 1.29 is 18.0 Å². The summed E-state index contributed by atoms with van der Waals surface area (Å²) in [5.74, 6) is -0.800. The molecule has 0 aliphatic heterocycles. The van der Waals surface area contributed by atoms with Crippen LogP contribution in [0.1, 0.15) is 37.8 Å². The van der Waals surface area contributed by atoms with Crippen LogP contribution in [0.15, 0.2) is 83.8 Å². The Morgan fingerprint density at radius 2 is 1.58 bits per heavy atom. The quantitative estimate of drug-likeness (QED) is 0.312. The third kappa shape index (κ3) is 7.58. The number of aryl methyl sites for hydroxylation is 1. The maximum Gasteiger partial charge on any atom is 0.264 e. The molecule has 2 amide bonds. The first kappa shape index (κ1) is 29.2. The number of hydrogen-bond acceptors (Lipinski definition) is 4. The van der Waals surface area contributed by atoms with Gasteiger partial charge >= 0.3 is 0 Å². The molecule has 3 rings (SSSR count). The van der Waals surface area contributed by atoms with Gasteiger partial charge in [0.2, 0.25) is 11.8 Å². The molecule has 0 saturated heterocycles. The second kappa shape index (κ2) is 13.4. The number of carbonyl (C=O) groups is 2. The van der Waals surface area contributed by atoms with Gasteiger partial charge in [0, 0.05) is 18.1 Å². The van der Waals surface area contributed by atoms with Crippen molar-refractivity contribution in [2.24, 2.45) is 0 Å². The monoisotopic (exact) mass is 555 g/mol. The van der Waals surface area contributed by atoms with E-state index in [4.69, 9.17) is 11.6 Å². The summed E-state index contributed by atoms with van der Waals surface area (Å²) in [6.45, 7) is 5.69. The second-order valence-corrected chi connectivity index (χ2v) is 11.4. The lowest BCUT2D eigenvalue weighted by Crippen LogP contribution is -2.51. The van der Waals surface area contributed by atoms with Crippen LogP contribution in [0.5, 0.6) is 0 Å². The predicted molar refractivity (Wildman–Crippen MR) is 152 cm³/mol. The van der Waals surface area contributed by atoms with Gasteiger partial charge in [-0.15, -0.1) is 0 Å². The number of hydrogen-bond donors (Lipinski definition) is 1. The minimum Gasteiger partial charge on any atom is -0.354 e. The van der Waals surface area contributed by atoms with Crippen LogP contribution in [-0.2, 0) is 26.2 Å². The third-order valence-corrected chi connectivity index (χ3v) is 8.24. The van der Waals surface area contributed by atoms with Crippen molar-refractivity contribution in [3.8, 4) is 0 Å². The van der Waals surface area contributed by atoms with E-state index in [-0.39, 0.29) is 17.3 Å². The highest BCUT2D eigenvalue weighted by molar-refractivity contribution is 7.92. The van der Waals surface area contributed by atoms with Gasteiger partial charge in [0.25, 0.3) is 10.0 Å². The number of rotatable bonds is 12. The van der Waals surface area contributed by atoms with Crippen molar-refractivity contribution in [2.45, 2.75) is 51.1 Å². The van der Waals surface area contributed by atoms with Gasteiger partial charge in [-0.3, -0.25) is 13.9 Å². The Labute approximate surface area is 230 Å². The van der Waals surface area contributed by atoms with Crippen molar-refractivity contribution in [2.75, 3.05) is 17.4 Å². The largest absolute Gasteiger partial charge is 0.354 e. The summed E-state index contributed by atoms with van der Waals surface area (Å²) in [7, 11) is -4.07. The van der Waals surface area contributed by atoms with Gasteiger partial charge in [0.15, 0.2) is 0 Å². The molecule has 9 heteroatoms. The molecular formula is C29H34ClN3O4S. The Bertz CT molecular complexity index is 1310. The second-order valence-electron chi connectivity index (χ2n) is 9.13. The van der Waals surface area contributed by atoms with Crippen molar-refractivity contribution in [3.63, 3.8) is 0 Å². The van der Waals surface area contributed by atoms with Crippen molar-refractivity contribution in [3.05, 3.63) is 95.0 Å². The number of para-hydroxylation sites is 1. The fourth-order valence-electron chi connectivity index (χ4n) is 3.87. The van der Waals surface area contributed by atoms with Crippen LogP contribution >= 0.6 is 11.6 Å². The first-order chi connectivity index (χ1) is 18.1. The van der Waals surface area contributed by atoms with Gasteiger partial charge < -0.3 is 10.2 Å². The van der Waals surface area contributed by atoms with E-state index in [9.17, 15) is 18.0 Å². The highest BCUT2D eigenvalue weighted by Gasteiger charge is 2.32. The van der Waals surface area contributed by atoms with Crippen LogP contribution in [-0.4, -0.2) is 44.3 Å². The van der Waals surface area contributed by atoms with Crippen LogP contribution in [0, 0.1) is 6.92 Å². The molecule has 3 aromatic carbocycles. The topological polar surface area (TPSA) is 86.8 Å². The molecule has 0 bridgehead atoms. The average molecular weight is 556 g/mol. The summed E-state index contributed by atoms with van der Waals surface area (Å²) in [5.41, 5.74) is 2.04. The summed E-state index contributed by atoms with van der Waals surface area (Å²) in [6.07, 6.45) is 1.74. The molecule has 1 unspecified atom stereocenters. The van der Waals surface area contributed by atoms with E-state index in [0.717, 1.165) is 28.3 Å². The zero-order valence-corrected chi connectivity index (χ0v) is 23.5. The highest BCUT2D eigenvalue weighted by Crippen LogP contribution is 2.25.